The number of hydrogen-bond acceptors (Lipinski definition) is 7. The van der Waals surface area contributed by atoms with Crippen molar-refractivity contribution in [1.82, 2.24) is 29.6 Å². The Morgan fingerprint density at radius 2 is 2.11 bits per heavy atom. The van der Waals surface area contributed by atoms with Gasteiger partial charge in [0.05, 0.1) is 6.04 Å². The fraction of sp³-hybridized carbons (Fsp3) is 0.700. The van der Waals surface area contributed by atoms with Crippen molar-refractivity contribution in [2.45, 2.75) is 54.6 Å². The van der Waals surface area contributed by atoms with E-state index in [1.807, 2.05) is 11.6 Å². The molecule has 0 spiro atoms. The Morgan fingerprint density at radius 1 is 1.28 bits per heavy atom. The third kappa shape index (κ3) is 2.54. The molecule has 1 aliphatic carbocycles. The van der Waals surface area contributed by atoms with E-state index in [4.69, 9.17) is 0 Å². The normalized spacial score (nSPS) is 17.2. The summed E-state index contributed by atoms with van der Waals surface area (Å²) in [6, 6.07) is 0.449. The van der Waals surface area contributed by atoms with Gasteiger partial charge in [-0.2, -0.15) is 4.37 Å². The van der Waals surface area contributed by atoms with Crippen LogP contribution in [0.4, 0.5) is 0 Å². The average molecular weight is 282 g/mol. The highest BCUT2D eigenvalue weighted by Crippen LogP contribution is 2.33. The highest BCUT2D eigenvalue weighted by atomic mass is 32.2. The van der Waals surface area contributed by atoms with Crippen LogP contribution in [0.15, 0.2) is 9.50 Å². The molecule has 3 rings (SSSR count). The van der Waals surface area contributed by atoms with Crippen LogP contribution in [0.1, 0.15) is 44.0 Å². The maximum Gasteiger partial charge on any atom is 0.216 e. The second kappa shape index (κ2) is 5.31. The van der Waals surface area contributed by atoms with Crippen molar-refractivity contribution in [3.05, 3.63) is 5.82 Å². The molecule has 1 fully saturated rings. The molecule has 0 N–H and O–H groups in total. The third-order valence-electron chi connectivity index (χ3n) is 3.07. The molecular formula is C10H14N6S2. The van der Waals surface area contributed by atoms with Gasteiger partial charge in [0.25, 0.3) is 0 Å². The predicted octanol–water partition coefficient (Wildman–Crippen LogP) is 2.49. The van der Waals surface area contributed by atoms with Crippen molar-refractivity contribution in [2.75, 3.05) is 0 Å². The molecule has 1 aliphatic rings. The summed E-state index contributed by atoms with van der Waals surface area (Å²) in [5.41, 5.74) is 0. The summed E-state index contributed by atoms with van der Waals surface area (Å²) in [5.74, 6) is 0.805. The molecule has 96 valence electrons. The smallest absolute Gasteiger partial charge is 0.216 e. The largest absolute Gasteiger partial charge is 0.217 e. The number of rotatable bonds is 3. The zero-order valence-electron chi connectivity index (χ0n) is 10.1. The van der Waals surface area contributed by atoms with Crippen LogP contribution >= 0.6 is 23.3 Å². The van der Waals surface area contributed by atoms with Crippen LogP contribution in [0, 0.1) is 6.92 Å². The molecule has 6 nitrogen and oxygen atoms in total. The number of aromatic nitrogens is 6. The van der Waals surface area contributed by atoms with Crippen LogP contribution in [0.3, 0.4) is 0 Å². The molecule has 0 aromatic carbocycles. The molecule has 8 heteroatoms. The van der Waals surface area contributed by atoms with Gasteiger partial charge in [0, 0.05) is 0 Å². The molecule has 2 aromatic rings. The molecule has 18 heavy (non-hydrogen) atoms. The summed E-state index contributed by atoms with van der Waals surface area (Å²) in [5, 5.41) is 12.9. The minimum atomic E-state index is 0.449. The van der Waals surface area contributed by atoms with Crippen LogP contribution in [0.5, 0.6) is 0 Å². The predicted molar refractivity (Wildman–Crippen MR) is 68.7 cm³/mol. The third-order valence-corrected chi connectivity index (χ3v) is 4.86. The van der Waals surface area contributed by atoms with Crippen LogP contribution in [0.2, 0.25) is 0 Å². The zero-order valence-corrected chi connectivity index (χ0v) is 11.7. The second-order valence-corrected chi connectivity index (χ2v) is 6.37. The van der Waals surface area contributed by atoms with Crippen molar-refractivity contribution in [2.24, 2.45) is 0 Å². The summed E-state index contributed by atoms with van der Waals surface area (Å²) in [7, 11) is 0. The molecule has 2 aromatic heterocycles. The maximum absolute atomic E-state index is 4.33. The summed E-state index contributed by atoms with van der Waals surface area (Å²) in [6.45, 7) is 1.89. The Morgan fingerprint density at radius 3 is 2.83 bits per heavy atom. The first-order valence-corrected chi connectivity index (χ1v) is 7.68. The standard InChI is InChI=1S/C10H14N6S2/c1-7-11-10(18-13-7)17-9-12-14-15-16(9)8-5-3-2-4-6-8/h8H,2-6H2,1H3. The first kappa shape index (κ1) is 12.0. The Balaban J connectivity index is 1.78. The van der Waals surface area contributed by atoms with E-state index in [0.29, 0.717) is 6.04 Å². The van der Waals surface area contributed by atoms with Gasteiger partial charge in [-0.25, -0.2) is 9.67 Å². The molecule has 0 aliphatic heterocycles. The van der Waals surface area contributed by atoms with E-state index in [1.54, 1.807) is 0 Å². The monoisotopic (exact) mass is 282 g/mol. The first-order chi connectivity index (χ1) is 8.83. The Bertz CT molecular complexity index is 516. The van der Waals surface area contributed by atoms with E-state index in [9.17, 15) is 0 Å². The van der Waals surface area contributed by atoms with E-state index in [2.05, 4.69) is 24.9 Å². The van der Waals surface area contributed by atoms with Crippen LogP contribution in [-0.4, -0.2) is 29.6 Å². The molecule has 1 saturated carbocycles. The maximum atomic E-state index is 4.33. The minimum Gasteiger partial charge on any atom is -0.217 e. The lowest BCUT2D eigenvalue weighted by molar-refractivity contribution is 0.307. The Labute approximate surface area is 113 Å². The van der Waals surface area contributed by atoms with E-state index in [-0.39, 0.29) is 0 Å². The number of tetrazole rings is 1. The quantitative estimate of drug-likeness (QED) is 0.861. The van der Waals surface area contributed by atoms with Gasteiger partial charge in [-0.15, -0.1) is 5.10 Å². The highest BCUT2D eigenvalue weighted by molar-refractivity contribution is 8.00. The lowest BCUT2D eigenvalue weighted by Crippen LogP contribution is -2.15. The summed E-state index contributed by atoms with van der Waals surface area (Å²) >= 11 is 2.90. The van der Waals surface area contributed by atoms with E-state index in [1.165, 1.54) is 55.4 Å². The van der Waals surface area contributed by atoms with E-state index < -0.39 is 0 Å². The molecular weight excluding hydrogens is 268 g/mol. The van der Waals surface area contributed by atoms with Gasteiger partial charge in [0.1, 0.15) is 5.82 Å². The molecule has 0 unspecified atom stereocenters. The van der Waals surface area contributed by atoms with E-state index in [0.717, 1.165) is 15.3 Å². The number of hydrogen-bond donors (Lipinski definition) is 0. The van der Waals surface area contributed by atoms with Crippen molar-refractivity contribution in [3.63, 3.8) is 0 Å². The van der Waals surface area contributed by atoms with Crippen molar-refractivity contribution in [3.8, 4) is 0 Å². The molecule has 0 saturated heterocycles. The summed E-state index contributed by atoms with van der Waals surface area (Å²) < 4.78 is 7.03. The van der Waals surface area contributed by atoms with Gasteiger partial charge >= 0.3 is 0 Å². The van der Waals surface area contributed by atoms with Gasteiger partial charge in [-0.1, -0.05) is 19.3 Å². The number of nitrogens with zero attached hydrogens (tertiary/aromatic N) is 6. The molecule has 0 atom stereocenters. The SMILES string of the molecule is Cc1nsc(Sc2nnnn2C2CCCCC2)n1. The Kier molecular flexibility index (Phi) is 3.55. The van der Waals surface area contributed by atoms with Gasteiger partial charge < -0.3 is 0 Å². The van der Waals surface area contributed by atoms with Crippen molar-refractivity contribution >= 4 is 23.3 Å². The molecule has 0 radical (unpaired) electrons. The van der Waals surface area contributed by atoms with Crippen molar-refractivity contribution < 1.29 is 0 Å². The first-order valence-electron chi connectivity index (χ1n) is 6.09. The van der Waals surface area contributed by atoms with Gasteiger partial charge in [0.15, 0.2) is 4.34 Å². The van der Waals surface area contributed by atoms with Gasteiger partial charge in [-0.3, -0.25) is 0 Å². The van der Waals surface area contributed by atoms with Crippen LogP contribution in [-0.2, 0) is 0 Å². The second-order valence-electron chi connectivity index (χ2n) is 4.41. The fourth-order valence-electron chi connectivity index (χ4n) is 2.21. The fourth-order valence-corrected chi connectivity index (χ4v) is 3.80. The Hall–Kier alpha value is -1.02. The lowest BCUT2D eigenvalue weighted by atomic mass is 9.96. The lowest BCUT2D eigenvalue weighted by Gasteiger charge is -2.21. The van der Waals surface area contributed by atoms with Gasteiger partial charge in [-0.05, 0) is 53.5 Å². The molecule has 0 bridgehead atoms. The van der Waals surface area contributed by atoms with Crippen LogP contribution in [0.25, 0.3) is 0 Å². The summed E-state index contributed by atoms with van der Waals surface area (Å²) in [4.78, 5) is 4.33. The van der Waals surface area contributed by atoms with E-state index >= 15 is 0 Å². The average Bonchev–Trinajstić information content (AvgIpc) is 3.00. The minimum absolute atomic E-state index is 0.449. The molecule has 2 heterocycles. The topological polar surface area (TPSA) is 69.4 Å². The highest BCUT2D eigenvalue weighted by Gasteiger charge is 2.21. The van der Waals surface area contributed by atoms with Crippen LogP contribution < -0.4 is 0 Å². The number of aryl methyl sites for hydroxylation is 1. The zero-order chi connectivity index (χ0) is 12.4. The van der Waals surface area contributed by atoms with Gasteiger partial charge in [0.2, 0.25) is 5.16 Å². The van der Waals surface area contributed by atoms with Crippen molar-refractivity contribution in [1.29, 1.82) is 0 Å². The summed E-state index contributed by atoms with van der Waals surface area (Å²) in [6.07, 6.45) is 6.22. The molecule has 0 amide bonds.